The van der Waals surface area contributed by atoms with Gasteiger partial charge in [0.15, 0.2) is 0 Å². The average Bonchev–Trinajstić information content (AvgIpc) is 2.32. The van der Waals surface area contributed by atoms with Gasteiger partial charge in [-0.1, -0.05) is 6.92 Å². The van der Waals surface area contributed by atoms with Crippen molar-refractivity contribution >= 4 is 5.91 Å². The fraction of sp³-hybridized carbons (Fsp3) is 0.500. The molecule has 1 aliphatic heterocycles. The third kappa shape index (κ3) is 2.60. The maximum atomic E-state index is 12.3. The predicted octanol–water partition coefficient (Wildman–Crippen LogP) is 2.65. The van der Waals surface area contributed by atoms with Crippen LogP contribution in [0.25, 0.3) is 0 Å². The first-order valence-electron chi connectivity index (χ1n) is 6.18. The highest BCUT2D eigenvalue weighted by Gasteiger charge is 2.27. The molecule has 3 nitrogen and oxygen atoms in total. The molecule has 0 saturated carbocycles. The molecule has 1 N–H and O–H groups in total. The summed E-state index contributed by atoms with van der Waals surface area (Å²) in [6.07, 6.45) is 2.27. The lowest BCUT2D eigenvalue weighted by Gasteiger charge is -2.36. The van der Waals surface area contributed by atoms with Crippen molar-refractivity contribution in [2.24, 2.45) is 5.92 Å². The van der Waals surface area contributed by atoms with Crippen LogP contribution in [0.15, 0.2) is 24.3 Å². The molecule has 3 heteroatoms. The Morgan fingerprint density at radius 3 is 2.53 bits per heavy atom. The molecule has 1 fully saturated rings. The minimum Gasteiger partial charge on any atom is -0.508 e. The van der Waals surface area contributed by atoms with Gasteiger partial charge in [0, 0.05) is 18.2 Å². The van der Waals surface area contributed by atoms with Gasteiger partial charge in [-0.25, -0.2) is 0 Å². The third-order valence-electron chi connectivity index (χ3n) is 3.49. The SMILES string of the molecule is CC1CCC(C)N(C(=O)c2ccc(O)cc2)C1. The molecule has 17 heavy (non-hydrogen) atoms. The Hall–Kier alpha value is -1.51. The van der Waals surface area contributed by atoms with E-state index in [-0.39, 0.29) is 11.7 Å². The summed E-state index contributed by atoms with van der Waals surface area (Å²) in [7, 11) is 0. The van der Waals surface area contributed by atoms with E-state index in [4.69, 9.17) is 0 Å². The van der Waals surface area contributed by atoms with Crippen molar-refractivity contribution in [2.45, 2.75) is 32.7 Å². The maximum absolute atomic E-state index is 12.3. The van der Waals surface area contributed by atoms with Crippen LogP contribution in [0.5, 0.6) is 5.75 Å². The van der Waals surface area contributed by atoms with Gasteiger partial charge in [-0.05, 0) is 49.9 Å². The van der Waals surface area contributed by atoms with Gasteiger partial charge in [0.25, 0.3) is 5.91 Å². The van der Waals surface area contributed by atoms with E-state index < -0.39 is 0 Å². The van der Waals surface area contributed by atoms with Crippen molar-refractivity contribution in [2.75, 3.05) is 6.54 Å². The van der Waals surface area contributed by atoms with Gasteiger partial charge < -0.3 is 10.0 Å². The first-order chi connectivity index (χ1) is 8.08. The monoisotopic (exact) mass is 233 g/mol. The average molecular weight is 233 g/mol. The number of amides is 1. The summed E-state index contributed by atoms with van der Waals surface area (Å²) in [6, 6.07) is 6.80. The van der Waals surface area contributed by atoms with Crippen LogP contribution in [-0.4, -0.2) is 28.5 Å². The van der Waals surface area contributed by atoms with Crippen LogP contribution in [0.1, 0.15) is 37.0 Å². The Balaban J connectivity index is 2.15. The van der Waals surface area contributed by atoms with Crippen molar-refractivity contribution in [3.63, 3.8) is 0 Å². The molecule has 1 aromatic rings. The molecule has 2 atom stereocenters. The number of piperidine rings is 1. The number of phenolic OH excluding ortho intramolecular Hbond substituents is 1. The fourth-order valence-corrected chi connectivity index (χ4v) is 2.34. The zero-order valence-electron chi connectivity index (χ0n) is 10.4. The molecular weight excluding hydrogens is 214 g/mol. The van der Waals surface area contributed by atoms with E-state index in [1.807, 2.05) is 4.90 Å². The number of phenols is 1. The zero-order chi connectivity index (χ0) is 12.4. The summed E-state index contributed by atoms with van der Waals surface area (Å²) in [5.41, 5.74) is 0.656. The lowest BCUT2D eigenvalue weighted by Crippen LogP contribution is -2.44. The highest BCUT2D eigenvalue weighted by molar-refractivity contribution is 5.94. The van der Waals surface area contributed by atoms with E-state index in [0.717, 1.165) is 13.0 Å². The van der Waals surface area contributed by atoms with Crippen molar-refractivity contribution in [3.05, 3.63) is 29.8 Å². The molecular formula is C14H19NO2. The summed E-state index contributed by atoms with van der Waals surface area (Å²) >= 11 is 0. The van der Waals surface area contributed by atoms with Gasteiger partial charge in [0.05, 0.1) is 0 Å². The van der Waals surface area contributed by atoms with Crippen LogP contribution in [-0.2, 0) is 0 Å². The molecule has 1 heterocycles. The third-order valence-corrected chi connectivity index (χ3v) is 3.49. The molecule has 1 amide bonds. The smallest absolute Gasteiger partial charge is 0.254 e. The Morgan fingerprint density at radius 1 is 1.24 bits per heavy atom. The molecule has 2 unspecified atom stereocenters. The van der Waals surface area contributed by atoms with E-state index in [1.54, 1.807) is 24.3 Å². The minimum atomic E-state index is 0.0732. The minimum absolute atomic E-state index is 0.0732. The summed E-state index contributed by atoms with van der Waals surface area (Å²) in [4.78, 5) is 14.3. The predicted molar refractivity (Wildman–Crippen MR) is 67.0 cm³/mol. The van der Waals surface area contributed by atoms with Gasteiger partial charge in [0.1, 0.15) is 5.75 Å². The maximum Gasteiger partial charge on any atom is 0.254 e. The number of aromatic hydroxyl groups is 1. The Kier molecular flexibility index (Phi) is 3.36. The molecule has 0 spiro atoms. The first kappa shape index (κ1) is 12.0. The Labute approximate surface area is 102 Å². The molecule has 0 radical (unpaired) electrons. The zero-order valence-corrected chi connectivity index (χ0v) is 10.4. The van der Waals surface area contributed by atoms with E-state index in [9.17, 15) is 9.90 Å². The summed E-state index contributed by atoms with van der Waals surface area (Å²) in [6.45, 7) is 5.12. The summed E-state index contributed by atoms with van der Waals surface area (Å²) in [5.74, 6) is 0.845. The fourth-order valence-electron chi connectivity index (χ4n) is 2.34. The molecule has 1 aliphatic rings. The number of nitrogens with zero attached hydrogens (tertiary/aromatic N) is 1. The number of carbonyl (C=O) groups excluding carboxylic acids is 1. The molecule has 1 aromatic carbocycles. The first-order valence-corrected chi connectivity index (χ1v) is 6.18. The molecule has 0 aliphatic carbocycles. The van der Waals surface area contributed by atoms with Crippen LogP contribution >= 0.6 is 0 Å². The highest BCUT2D eigenvalue weighted by Crippen LogP contribution is 2.23. The van der Waals surface area contributed by atoms with Crippen LogP contribution < -0.4 is 0 Å². The van der Waals surface area contributed by atoms with E-state index >= 15 is 0 Å². The Bertz CT molecular complexity index is 399. The van der Waals surface area contributed by atoms with Gasteiger partial charge in [-0.15, -0.1) is 0 Å². The van der Waals surface area contributed by atoms with Crippen LogP contribution in [0.3, 0.4) is 0 Å². The van der Waals surface area contributed by atoms with Crippen molar-refractivity contribution in [3.8, 4) is 5.75 Å². The second-order valence-electron chi connectivity index (χ2n) is 5.04. The summed E-state index contributed by atoms with van der Waals surface area (Å²) < 4.78 is 0. The van der Waals surface area contributed by atoms with E-state index in [2.05, 4.69) is 13.8 Å². The van der Waals surface area contributed by atoms with Gasteiger partial charge >= 0.3 is 0 Å². The largest absolute Gasteiger partial charge is 0.508 e. The number of hydrogen-bond acceptors (Lipinski definition) is 2. The van der Waals surface area contributed by atoms with Crippen LogP contribution in [0, 0.1) is 5.92 Å². The quantitative estimate of drug-likeness (QED) is 0.810. The topological polar surface area (TPSA) is 40.5 Å². The van der Waals surface area contributed by atoms with Gasteiger partial charge in [-0.3, -0.25) is 4.79 Å². The lowest BCUT2D eigenvalue weighted by molar-refractivity contribution is 0.0574. The van der Waals surface area contributed by atoms with E-state index in [1.165, 1.54) is 6.42 Å². The molecule has 0 bridgehead atoms. The molecule has 1 saturated heterocycles. The number of benzene rings is 1. The second-order valence-corrected chi connectivity index (χ2v) is 5.04. The highest BCUT2D eigenvalue weighted by atomic mass is 16.3. The molecule has 92 valence electrons. The number of hydrogen-bond donors (Lipinski definition) is 1. The van der Waals surface area contributed by atoms with Crippen molar-refractivity contribution in [1.82, 2.24) is 4.90 Å². The second kappa shape index (κ2) is 4.78. The molecule has 2 rings (SSSR count). The number of rotatable bonds is 1. The lowest BCUT2D eigenvalue weighted by atomic mass is 9.94. The number of carbonyl (C=O) groups is 1. The van der Waals surface area contributed by atoms with Crippen LogP contribution in [0.4, 0.5) is 0 Å². The normalized spacial score (nSPS) is 24.7. The standard InChI is InChI=1S/C14H19NO2/c1-10-3-4-11(2)15(9-10)14(17)12-5-7-13(16)8-6-12/h5-8,10-11,16H,3-4,9H2,1-2H3. The Morgan fingerprint density at radius 2 is 1.88 bits per heavy atom. The van der Waals surface area contributed by atoms with E-state index in [0.29, 0.717) is 17.5 Å². The van der Waals surface area contributed by atoms with Gasteiger partial charge in [-0.2, -0.15) is 0 Å². The molecule has 0 aromatic heterocycles. The van der Waals surface area contributed by atoms with Crippen molar-refractivity contribution < 1.29 is 9.90 Å². The summed E-state index contributed by atoms with van der Waals surface area (Å²) in [5, 5.41) is 9.22. The number of likely N-dealkylation sites (tertiary alicyclic amines) is 1. The van der Waals surface area contributed by atoms with Gasteiger partial charge in [0.2, 0.25) is 0 Å². The van der Waals surface area contributed by atoms with Crippen LogP contribution in [0.2, 0.25) is 0 Å². The van der Waals surface area contributed by atoms with Crippen molar-refractivity contribution in [1.29, 1.82) is 0 Å².